The van der Waals surface area contributed by atoms with Gasteiger partial charge < -0.3 is 24.5 Å². The molecule has 32 heavy (non-hydrogen) atoms. The van der Waals surface area contributed by atoms with Crippen molar-refractivity contribution in [3.63, 3.8) is 0 Å². The van der Waals surface area contributed by atoms with Crippen LogP contribution in [0.2, 0.25) is 0 Å². The molecular weight excluding hydrogens is 414 g/mol. The number of aliphatic hydroxyl groups is 3. The fourth-order valence-corrected chi connectivity index (χ4v) is 5.01. The summed E-state index contributed by atoms with van der Waals surface area (Å²) >= 11 is 0. The lowest BCUT2D eigenvalue weighted by Gasteiger charge is -2.36. The molecule has 0 unspecified atom stereocenters. The molecule has 1 aliphatic carbocycles. The number of aliphatic hydroxyl groups excluding tert-OH is 3. The van der Waals surface area contributed by atoms with Crippen LogP contribution in [0.1, 0.15) is 44.1 Å². The molecule has 2 aliphatic rings. The van der Waals surface area contributed by atoms with E-state index in [4.69, 9.17) is 14.3 Å². The predicted molar refractivity (Wildman–Crippen MR) is 117 cm³/mol. The molecule has 0 aromatic carbocycles. The van der Waals surface area contributed by atoms with E-state index in [0.717, 1.165) is 22.5 Å². The second-order valence-corrected chi connectivity index (χ2v) is 8.53. The highest BCUT2D eigenvalue weighted by molar-refractivity contribution is 6.05. The largest absolute Gasteiger partial charge is 0.459 e. The Bertz CT molecular complexity index is 900. The maximum Gasteiger partial charge on any atom is 0.233 e. The highest BCUT2D eigenvalue weighted by atomic mass is 16.5. The number of fused-ring (bicyclic) bond motifs is 1. The lowest BCUT2D eigenvalue weighted by atomic mass is 9.68. The summed E-state index contributed by atoms with van der Waals surface area (Å²) in [4.78, 5) is 26.4. The number of allylic oxidation sites excluding steroid dienone is 1. The van der Waals surface area contributed by atoms with Crippen molar-refractivity contribution < 1.29 is 34.1 Å². The highest BCUT2D eigenvalue weighted by Gasteiger charge is 2.53. The summed E-state index contributed by atoms with van der Waals surface area (Å²) < 4.78 is 10.9. The van der Waals surface area contributed by atoms with Crippen LogP contribution in [0.3, 0.4) is 0 Å². The molecule has 1 aliphatic heterocycles. The van der Waals surface area contributed by atoms with Gasteiger partial charge in [0.2, 0.25) is 11.8 Å². The van der Waals surface area contributed by atoms with Crippen LogP contribution >= 0.6 is 0 Å². The van der Waals surface area contributed by atoms with Gasteiger partial charge in [-0.25, -0.2) is 0 Å². The first kappa shape index (κ1) is 24.4. The molecule has 8 nitrogen and oxygen atoms in total. The molecule has 1 saturated heterocycles. The van der Waals surface area contributed by atoms with E-state index in [0.29, 0.717) is 36.4 Å². The van der Waals surface area contributed by atoms with Gasteiger partial charge in [0.1, 0.15) is 18.1 Å². The SMILES string of the molecule is CC/C(=C\c1ccc(CO)o1)CC[C@@H](O)C1=C(COC)C[C@H]2C(=O)N(C)C(=O)[C@H]2[C@H]1CO. The monoisotopic (exact) mass is 447 g/mol. The van der Waals surface area contributed by atoms with E-state index < -0.39 is 23.9 Å². The van der Waals surface area contributed by atoms with E-state index in [1.807, 2.05) is 13.0 Å². The minimum absolute atomic E-state index is 0.161. The number of hydrogen-bond donors (Lipinski definition) is 3. The predicted octanol–water partition coefficient (Wildman–Crippen LogP) is 1.89. The van der Waals surface area contributed by atoms with E-state index in [-0.39, 0.29) is 31.6 Å². The van der Waals surface area contributed by atoms with Gasteiger partial charge in [0.05, 0.1) is 31.2 Å². The Morgan fingerprint density at radius 1 is 1.31 bits per heavy atom. The number of amides is 2. The van der Waals surface area contributed by atoms with Crippen LogP contribution in [-0.2, 0) is 20.9 Å². The van der Waals surface area contributed by atoms with E-state index in [1.54, 1.807) is 19.2 Å². The first-order valence-electron chi connectivity index (χ1n) is 11.1. The van der Waals surface area contributed by atoms with Crippen LogP contribution in [0, 0.1) is 17.8 Å². The van der Waals surface area contributed by atoms with Crippen LogP contribution < -0.4 is 0 Å². The molecule has 3 rings (SSSR count). The highest BCUT2D eigenvalue weighted by Crippen LogP contribution is 2.45. The molecule has 1 aromatic heterocycles. The van der Waals surface area contributed by atoms with Crippen molar-refractivity contribution in [2.45, 2.75) is 45.3 Å². The molecule has 2 heterocycles. The minimum atomic E-state index is -0.869. The van der Waals surface area contributed by atoms with Gasteiger partial charge in [-0.05, 0) is 55.0 Å². The zero-order valence-electron chi connectivity index (χ0n) is 18.9. The van der Waals surface area contributed by atoms with Gasteiger partial charge in [-0.2, -0.15) is 0 Å². The summed E-state index contributed by atoms with van der Waals surface area (Å²) in [6, 6.07) is 3.51. The Morgan fingerprint density at radius 2 is 2.06 bits per heavy atom. The average Bonchev–Trinajstić information content (AvgIpc) is 3.34. The van der Waals surface area contributed by atoms with Crippen LogP contribution in [0.4, 0.5) is 0 Å². The fourth-order valence-electron chi connectivity index (χ4n) is 5.01. The third kappa shape index (κ3) is 4.73. The van der Waals surface area contributed by atoms with Crippen molar-refractivity contribution in [1.29, 1.82) is 0 Å². The van der Waals surface area contributed by atoms with E-state index in [2.05, 4.69) is 0 Å². The number of hydrogen-bond acceptors (Lipinski definition) is 7. The number of furan rings is 1. The second kappa shape index (κ2) is 10.6. The van der Waals surface area contributed by atoms with E-state index >= 15 is 0 Å². The minimum Gasteiger partial charge on any atom is -0.459 e. The molecular formula is C24H33NO7. The zero-order valence-corrected chi connectivity index (χ0v) is 18.9. The van der Waals surface area contributed by atoms with Crippen molar-refractivity contribution in [3.05, 3.63) is 40.4 Å². The maximum atomic E-state index is 12.7. The fraction of sp³-hybridized carbons (Fsp3) is 0.583. The Kier molecular flexibility index (Phi) is 8.05. The van der Waals surface area contributed by atoms with Gasteiger partial charge in [-0.15, -0.1) is 0 Å². The third-order valence-corrected chi connectivity index (χ3v) is 6.66. The Morgan fingerprint density at radius 3 is 2.66 bits per heavy atom. The van der Waals surface area contributed by atoms with Gasteiger partial charge in [-0.1, -0.05) is 12.5 Å². The summed E-state index contributed by atoms with van der Waals surface area (Å²) in [7, 11) is 3.02. The smallest absolute Gasteiger partial charge is 0.233 e. The second-order valence-electron chi connectivity index (χ2n) is 8.53. The molecule has 8 heteroatoms. The number of carbonyl (C=O) groups excluding carboxylic acids is 2. The number of nitrogens with zero attached hydrogens (tertiary/aromatic N) is 1. The van der Waals surface area contributed by atoms with Crippen molar-refractivity contribution in [1.82, 2.24) is 4.90 Å². The van der Waals surface area contributed by atoms with Gasteiger partial charge in [0, 0.05) is 20.1 Å². The summed E-state index contributed by atoms with van der Waals surface area (Å²) in [6.07, 6.45) is 3.15. The quantitative estimate of drug-likeness (QED) is 0.370. The Balaban J connectivity index is 1.82. The van der Waals surface area contributed by atoms with Crippen molar-refractivity contribution in [3.8, 4) is 0 Å². The van der Waals surface area contributed by atoms with Gasteiger partial charge >= 0.3 is 0 Å². The van der Waals surface area contributed by atoms with Gasteiger partial charge in [-0.3, -0.25) is 14.5 Å². The molecule has 1 aromatic rings. The molecule has 2 amide bonds. The summed E-state index contributed by atoms with van der Waals surface area (Å²) in [5, 5.41) is 30.5. The molecule has 3 N–H and O–H groups in total. The normalized spacial score (nSPS) is 25.0. The maximum absolute atomic E-state index is 12.7. The lowest BCUT2D eigenvalue weighted by Crippen LogP contribution is -2.39. The Hall–Kier alpha value is -2.26. The Labute approximate surface area is 188 Å². The summed E-state index contributed by atoms with van der Waals surface area (Å²) in [5.41, 5.74) is 2.48. The molecule has 0 saturated carbocycles. The molecule has 0 radical (unpaired) electrons. The number of methoxy groups -OCH3 is 1. The van der Waals surface area contributed by atoms with Crippen LogP contribution in [0.25, 0.3) is 6.08 Å². The van der Waals surface area contributed by atoms with Crippen LogP contribution in [0.15, 0.2) is 33.3 Å². The van der Waals surface area contributed by atoms with Crippen LogP contribution in [-0.4, -0.2) is 65.5 Å². The number of likely N-dealkylation sites (tertiary alicyclic amines) is 1. The van der Waals surface area contributed by atoms with Crippen LogP contribution in [0.5, 0.6) is 0 Å². The van der Waals surface area contributed by atoms with Gasteiger partial charge in [0.15, 0.2) is 0 Å². The van der Waals surface area contributed by atoms with Crippen molar-refractivity contribution >= 4 is 17.9 Å². The lowest BCUT2D eigenvalue weighted by molar-refractivity contribution is -0.138. The number of rotatable bonds is 10. The molecule has 1 fully saturated rings. The van der Waals surface area contributed by atoms with Crippen molar-refractivity contribution in [2.24, 2.45) is 17.8 Å². The molecule has 0 bridgehead atoms. The standard InChI is InChI=1S/C24H33NO7/c1-4-14(9-16-6-7-17(11-26)32-16)5-8-20(28)21-15(13-31-3)10-18-22(19(21)12-27)24(30)25(2)23(18)29/h6-7,9,18-20,22,26-28H,4-5,8,10-13H2,1-3H3/b14-9+/t18-,19+,20-,22-/m1/s1. The zero-order chi connectivity index (χ0) is 23.4. The molecule has 0 spiro atoms. The number of carbonyl (C=O) groups is 2. The number of ether oxygens (including phenoxy) is 1. The topological polar surface area (TPSA) is 120 Å². The van der Waals surface area contributed by atoms with E-state index in [1.165, 1.54) is 7.05 Å². The average molecular weight is 448 g/mol. The van der Waals surface area contributed by atoms with Gasteiger partial charge in [0.25, 0.3) is 0 Å². The van der Waals surface area contributed by atoms with E-state index in [9.17, 15) is 19.8 Å². The van der Waals surface area contributed by atoms with Crippen molar-refractivity contribution in [2.75, 3.05) is 27.4 Å². The molecule has 4 atom stereocenters. The first-order chi connectivity index (χ1) is 15.4. The third-order valence-electron chi connectivity index (χ3n) is 6.66. The molecule has 176 valence electrons. The number of imide groups is 1. The summed E-state index contributed by atoms with van der Waals surface area (Å²) in [5.74, 6) is -1.18. The first-order valence-corrected chi connectivity index (χ1v) is 11.1. The summed E-state index contributed by atoms with van der Waals surface area (Å²) in [6.45, 7) is 1.78.